The average Bonchev–Trinajstić information content (AvgIpc) is 2.63. The molecule has 2 aromatic carbocycles. The first-order valence-corrected chi connectivity index (χ1v) is 4.15. The van der Waals surface area contributed by atoms with Crippen LogP contribution in [0.4, 0.5) is 0 Å². The Labute approximate surface area is 128 Å². The second-order valence-electron chi connectivity index (χ2n) is 2.92. The van der Waals surface area contributed by atoms with Crippen LogP contribution in [0, 0.1) is 13.8 Å². The van der Waals surface area contributed by atoms with E-state index in [0.717, 1.165) is 0 Å². The molecule has 0 bridgehead atoms. The van der Waals surface area contributed by atoms with Crippen LogP contribution < -0.4 is 34.0 Å². The van der Waals surface area contributed by atoms with Crippen molar-refractivity contribution in [2.45, 2.75) is 13.8 Å². The molecule has 80 valence electrons. The summed E-state index contributed by atoms with van der Waals surface area (Å²) in [5.41, 5.74) is 2.69. The summed E-state index contributed by atoms with van der Waals surface area (Å²) in [6, 6.07) is 16.5. The topological polar surface area (TPSA) is 0 Å². The molecule has 0 aromatic heterocycles. The summed E-state index contributed by atoms with van der Waals surface area (Å²) >= 11 is 0. The van der Waals surface area contributed by atoms with Crippen molar-refractivity contribution in [1.29, 1.82) is 0 Å². The van der Waals surface area contributed by atoms with Crippen molar-refractivity contribution in [3.05, 3.63) is 59.7 Å². The predicted octanol–water partition coefficient (Wildman–Crippen LogP) is -2.57. The first-order valence-electron chi connectivity index (χ1n) is 4.15. The SMILES string of the molecule is C[c-]1cccc1.C[c-]1cccc1.[Br-].[Br-].[Ti+4]. The van der Waals surface area contributed by atoms with E-state index < -0.39 is 0 Å². The van der Waals surface area contributed by atoms with Crippen molar-refractivity contribution in [2.75, 3.05) is 0 Å². The summed E-state index contributed by atoms with van der Waals surface area (Å²) in [6.45, 7) is 4.17. The van der Waals surface area contributed by atoms with Crippen LogP contribution in [0.1, 0.15) is 11.1 Å². The molecule has 0 fully saturated rings. The smallest absolute Gasteiger partial charge is 1.00 e. The van der Waals surface area contributed by atoms with Crippen LogP contribution in [0.2, 0.25) is 0 Å². The van der Waals surface area contributed by atoms with Crippen molar-refractivity contribution in [1.82, 2.24) is 0 Å². The van der Waals surface area contributed by atoms with Gasteiger partial charge in [-0.1, -0.05) is 13.8 Å². The Hall–Kier alpha value is 0.374. The van der Waals surface area contributed by atoms with Gasteiger partial charge < -0.3 is 34.0 Å². The van der Waals surface area contributed by atoms with Gasteiger partial charge in [0.05, 0.1) is 0 Å². The van der Waals surface area contributed by atoms with E-state index in [9.17, 15) is 0 Å². The molecular formula is C12H14Br2Ti. The van der Waals surface area contributed by atoms with Crippen LogP contribution in [0.25, 0.3) is 0 Å². The van der Waals surface area contributed by atoms with E-state index in [1.54, 1.807) is 0 Å². The zero-order valence-corrected chi connectivity index (χ0v) is 13.6. The Morgan fingerprint density at radius 3 is 0.867 bits per heavy atom. The first kappa shape index (κ1) is 20.7. The Morgan fingerprint density at radius 1 is 0.600 bits per heavy atom. The number of rotatable bonds is 0. The van der Waals surface area contributed by atoms with E-state index in [0.29, 0.717) is 0 Å². The third-order valence-corrected chi connectivity index (χ3v) is 1.66. The van der Waals surface area contributed by atoms with Crippen molar-refractivity contribution < 1.29 is 55.7 Å². The molecule has 0 saturated carbocycles. The molecule has 0 spiro atoms. The minimum atomic E-state index is 0. The first-order chi connectivity index (χ1) is 5.79. The van der Waals surface area contributed by atoms with Gasteiger partial charge in [-0.3, -0.25) is 0 Å². The van der Waals surface area contributed by atoms with Crippen molar-refractivity contribution >= 4 is 0 Å². The monoisotopic (exact) mass is 364 g/mol. The maximum Gasteiger partial charge on any atom is 4.00 e. The summed E-state index contributed by atoms with van der Waals surface area (Å²) in [6.07, 6.45) is 0. The van der Waals surface area contributed by atoms with Gasteiger partial charge in [-0.2, -0.15) is 35.4 Å². The maximum absolute atomic E-state index is 2.08. The van der Waals surface area contributed by atoms with Gasteiger partial charge in [0, 0.05) is 0 Å². The van der Waals surface area contributed by atoms with Crippen LogP contribution in [-0.2, 0) is 21.7 Å². The maximum atomic E-state index is 2.08. The molecule has 2 rings (SSSR count). The van der Waals surface area contributed by atoms with Crippen LogP contribution in [-0.4, -0.2) is 0 Å². The molecule has 0 radical (unpaired) electrons. The molecule has 2 aromatic rings. The average molecular weight is 366 g/mol. The molecule has 3 heteroatoms. The van der Waals surface area contributed by atoms with Gasteiger partial charge >= 0.3 is 21.7 Å². The summed E-state index contributed by atoms with van der Waals surface area (Å²) in [7, 11) is 0. The van der Waals surface area contributed by atoms with Gasteiger partial charge in [-0.05, 0) is 0 Å². The standard InChI is InChI=1S/2C6H7.2BrH.Ti/c2*1-6-4-2-3-5-6;;;/h2*2-5H,1H3;2*1H;/q2*-1;;;+4/p-2. The normalized spacial score (nSPS) is 7.07. The van der Waals surface area contributed by atoms with E-state index in [1.807, 2.05) is 24.3 Å². The van der Waals surface area contributed by atoms with Crippen LogP contribution in [0.15, 0.2) is 48.5 Å². The summed E-state index contributed by atoms with van der Waals surface area (Å²) in [5, 5.41) is 0. The molecule has 0 N–H and O–H groups in total. The Kier molecular flexibility index (Phi) is 17.2. The molecular weight excluding hydrogens is 352 g/mol. The fourth-order valence-electron chi connectivity index (χ4n) is 0.940. The molecule has 0 saturated heterocycles. The largest absolute Gasteiger partial charge is 4.00 e. The second kappa shape index (κ2) is 12.4. The summed E-state index contributed by atoms with van der Waals surface area (Å²) < 4.78 is 0. The van der Waals surface area contributed by atoms with Gasteiger partial charge in [0.2, 0.25) is 0 Å². The minimum absolute atomic E-state index is 0. The Bertz CT molecular complexity index is 253. The van der Waals surface area contributed by atoms with Crippen molar-refractivity contribution in [3.63, 3.8) is 0 Å². The number of halogens is 2. The molecule has 15 heavy (non-hydrogen) atoms. The summed E-state index contributed by atoms with van der Waals surface area (Å²) in [4.78, 5) is 0. The second-order valence-corrected chi connectivity index (χ2v) is 2.92. The zero-order valence-electron chi connectivity index (χ0n) is 8.87. The molecule has 0 atom stereocenters. The van der Waals surface area contributed by atoms with Crippen LogP contribution in [0.3, 0.4) is 0 Å². The van der Waals surface area contributed by atoms with Crippen LogP contribution in [0.5, 0.6) is 0 Å². The fraction of sp³-hybridized carbons (Fsp3) is 0.167. The Morgan fingerprint density at radius 2 is 0.800 bits per heavy atom. The van der Waals surface area contributed by atoms with Gasteiger partial charge in [0.1, 0.15) is 0 Å². The molecule has 0 heterocycles. The van der Waals surface area contributed by atoms with E-state index in [2.05, 4.69) is 38.1 Å². The number of hydrogen-bond acceptors (Lipinski definition) is 0. The van der Waals surface area contributed by atoms with Crippen molar-refractivity contribution in [3.8, 4) is 0 Å². The van der Waals surface area contributed by atoms with Gasteiger partial charge in [-0.25, -0.2) is 24.3 Å². The van der Waals surface area contributed by atoms with Gasteiger partial charge in [-0.15, -0.1) is 0 Å². The van der Waals surface area contributed by atoms with E-state index in [1.165, 1.54) is 11.1 Å². The fourth-order valence-corrected chi connectivity index (χ4v) is 0.940. The minimum Gasteiger partial charge on any atom is -1.00 e. The Balaban J connectivity index is -0.000000160. The van der Waals surface area contributed by atoms with Gasteiger partial charge in [0.15, 0.2) is 0 Å². The summed E-state index contributed by atoms with van der Waals surface area (Å²) in [5.74, 6) is 0. The van der Waals surface area contributed by atoms with Gasteiger partial charge in [0.25, 0.3) is 0 Å². The van der Waals surface area contributed by atoms with E-state index in [4.69, 9.17) is 0 Å². The van der Waals surface area contributed by atoms with Crippen LogP contribution >= 0.6 is 0 Å². The van der Waals surface area contributed by atoms with E-state index >= 15 is 0 Å². The number of hydrogen-bond donors (Lipinski definition) is 0. The third kappa shape index (κ3) is 10.7. The molecule has 0 aliphatic carbocycles. The molecule has 0 unspecified atom stereocenters. The molecule has 0 nitrogen and oxygen atoms in total. The molecule has 0 amide bonds. The number of aryl methyl sites for hydroxylation is 2. The van der Waals surface area contributed by atoms with Crippen molar-refractivity contribution in [2.24, 2.45) is 0 Å². The zero-order chi connectivity index (χ0) is 8.81. The predicted molar refractivity (Wildman–Crippen MR) is 53.5 cm³/mol. The third-order valence-electron chi connectivity index (χ3n) is 1.66. The van der Waals surface area contributed by atoms with E-state index in [-0.39, 0.29) is 55.7 Å². The molecule has 0 aliphatic rings. The quantitative estimate of drug-likeness (QED) is 0.356. The molecule has 0 aliphatic heterocycles.